The molecule has 0 unspecified atom stereocenters. The quantitative estimate of drug-likeness (QED) is 0.544. The van der Waals surface area contributed by atoms with E-state index in [0.717, 1.165) is 0 Å². The first-order valence-electron chi connectivity index (χ1n) is 7.44. The minimum Gasteiger partial charge on any atom is -0.310 e. The predicted octanol–water partition coefficient (Wildman–Crippen LogP) is 0.810. The Morgan fingerprint density at radius 2 is 2.16 bits per heavy atom. The van der Waals surface area contributed by atoms with E-state index >= 15 is 0 Å². The van der Waals surface area contributed by atoms with Crippen LogP contribution in [0.25, 0.3) is 5.78 Å². The van der Waals surface area contributed by atoms with E-state index in [1.165, 1.54) is 33.6 Å². The van der Waals surface area contributed by atoms with Crippen molar-refractivity contribution in [3.05, 3.63) is 62.2 Å². The summed E-state index contributed by atoms with van der Waals surface area (Å²) in [4.78, 5) is 39.6. The molecular formula is C15H12N6O4. The zero-order chi connectivity index (χ0) is 17.7. The Hall–Kier alpha value is -3.56. The summed E-state index contributed by atoms with van der Waals surface area (Å²) in [5.74, 6) is -0.350. The number of carbonyl (C=O) groups is 1. The van der Waals surface area contributed by atoms with Crippen molar-refractivity contribution in [1.29, 1.82) is 0 Å². The van der Waals surface area contributed by atoms with Crippen LogP contribution in [0, 0.1) is 10.1 Å². The normalized spacial score (nSPS) is 16.5. The number of hydrogen-bond acceptors (Lipinski definition) is 6. The molecule has 1 amide bonds. The molecule has 3 aromatic rings. The average molecular weight is 340 g/mol. The van der Waals surface area contributed by atoms with Crippen molar-refractivity contribution in [2.45, 2.75) is 12.3 Å². The molecule has 1 aliphatic heterocycles. The molecule has 0 fully saturated rings. The fourth-order valence-corrected chi connectivity index (χ4v) is 3.15. The minimum absolute atomic E-state index is 0.0175. The van der Waals surface area contributed by atoms with Gasteiger partial charge < -0.3 is 5.32 Å². The van der Waals surface area contributed by atoms with Crippen molar-refractivity contribution in [2.75, 3.05) is 5.32 Å². The van der Waals surface area contributed by atoms with Crippen molar-refractivity contribution in [3.8, 4) is 0 Å². The molecule has 126 valence electrons. The van der Waals surface area contributed by atoms with Gasteiger partial charge in [-0.2, -0.15) is 14.6 Å². The van der Waals surface area contributed by atoms with Crippen LogP contribution >= 0.6 is 0 Å². The van der Waals surface area contributed by atoms with Crippen LogP contribution in [0.3, 0.4) is 0 Å². The van der Waals surface area contributed by atoms with Gasteiger partial charge in [-0.05, 0) is 5.56 Å². The van der Waals surface area contributed by atoms with Crippen molar-refractivity contribution in [3.63, 3.8) is 0 Å². The summed E-state index contributed by atoms with van der Waals surface area (Å²) in [6.07, 6.45) is 1.31. The van der Waals surface area contributed by atoms with Gasteiger partial charge in [0.25, 0.3) is 11.2 Å². The predicted molar refractivity (Wildman–Crippen MR) is 86.4 cm³/mol. The van der Waals surface area contributed by atoms with E-state index in [2.05, 4.69) is 15.4 Å². The number of nitrogens with zero attached hydrogens (tertiary/aromatic N) is 5. The number of non-ortho nitro benzene ring substituents is 1. The third kappa shape index (κ3) is 2.18. The van der Waals surface area contributed by atoms with Gasteiger partial charge in [0.15, 0.2) is 0 Å². The molecule has 2 aromatic heterocycles. The van der Waals surface area contributed by atoms with Gasteiger partial charge >= 0.3 is 0 Å². The van der Waals surface area contributed by atoms with Crippen LogP contribution in [0.1, 0.15) is 23.5 Å². The monoisotopic (exact) mass is 340 g/mol. The summed E-state index contributed by atoms with van der Waals surface area (Å²) < 4.78 is 2.73. The highest BCUT2D eigenvalue weighted by atomic mass is 16.6. The standard InChI is InChI=1S/C15H12N6O4/c1-19-14(23)12-10(8-3-2-4-9(5-8)21(24)25)6-11(22)18-13(12)20-15(19)16-7-17-20/h2-5,7,10H,6H2,1H3,(H,18,22)/t10-/m0/s1. The molecule has 1 N–H and O–H groups in total. The minimum atomic E-state index is -0.601. The fraction of sp³-hybridized carbons (Fsp3) is 0.200. The number of carbonyl (C=O) groups excluding carboxylic acids is 1. The van der Waals surface area contributed by atoms with Crippen LogP contribution in [-0.4, -0.2) is 30.0 Å². The van der Waals surface area contributed by atoms with Gasteiger partial charge in [-0.3, -0.25) is 24.3 Å². The number of anilines is 1. The third-order valence-corrected chi connectivity index (χ3v) is 4.31. The number of fused-ring (bicyclic) bond motifs is 3. The van der Waals surface area contributed by atoms with E-state index in [9.17, 15) is 19.7 Å². The number of aromatic nitrogens is 4. The molecule has 10 nitrogen and oxygen atoms in total. The second-order valence-electron chi connectivity index (χ2n) is 5.76. The van der Waals surface area contributed by atoms with Crippen LogP contribution in [0.5, 0.6) is 0 Å². The Balaban J connectivity index is 2.00. The zero-order valence-corrected chi connectivity index (χ0v) is 13.0. The Labute approximate surface area is 139 Å². The SMILES string of the molecule is Cn1c(=O)c2c(n3ncnc13)NC(=O)C[C@H]2c1cccc([N+](=O)[O-])c1. The number of rotatable bonds is 2. The van der Waals surface area contributed by atoms with Crippen LogP contribution in [0.15, 0.2) is 35.4 Å². The molecule has 4 rings (SSSR count). The second kappa shape index (κ2) is 5.23. The lowest BCUT2D eigenvalue weighted by molar-refractivity contribution is -0.384. The summed E-state index contributed by atoms with van der Waals surface area (Å²) in [5.41, 5.74) is 0.443. The molecule has 1 aromatic carbocycles. The Morgan fingerprint density at radius 3 is 2.92 bits per heavy atom. The number of nitro benzene ring substituents is 1. The van der Waals surface area contributed by atoms with Crippen molar-refractivity contribution in [1.82, 2.24) is 19.2 Å². The Morgan fingerprint density at radius 1 is 1.36 bits per heavy atom. The average Bonchev–Trinajstić information content (AvgIpc) is 3.09. The molecule has 0 radical (unpaired) electrons. The highest BCUT2D eigenvalue weighted by Gasteiger charge is 2.33. The smallest absolute Gasteiger partial charge is 0.269 e. The van der Waals surface area contributed by atoms with Crippen LogP contribution < -0.4 is 10.9 Å². The molecule has 0 bridgehead atoms. The molecule has 0 saturated carbocycles. The summed E-state index contributed by atoms with van der Waals surface area (Å²) >= 11 is 0. The lowest BCUT2D eigenvalue weighted by atomic mass is 9.86. The third-order valence-electron chi connectivity index (χ3n) is 4.31. The van der Waals surface area contributed by atoms with Crippen LogP contribution in [-0.2, 0) is 11.8 Å². The Kier molecular flexibility index (Phi) is 3.14. The molecule has 0 saturated heterocycles. The molecular weight excluding hydrogens is 328 g/mol. The van der Waals surface area contributed by atoms with Gasteiger partial charge in [0.2, 0.25) is 11.7 Å². The molecule has 0 spiro atoms. The maximum absolute atomic E-state index is 12.8. The summed E-state index contributed by atoms with van der Waals surface area (Å²) in [5, 5.41) is 17.8. The van der Waals surface area contributed by atoms with E-state index in [1.54, 1.807) is 13.1 Å². The molecule has 1 atom stereocenters. The summed E-state index contributed by atoms with van der Waals surface area (Å²) in [6, 6.07) is 5.97. The van der Waals surface area contributed by atoms with E-state index in [-0.39, 0.29) is 29.4 Å². The topological polar surface area (TPSA) is 124 Å². The number of amides is 1. The highest BCUT2D eigenvalue weighted by molar-refractivity contribution is 5.94. The number of aryl methyl sites for hydroxylation is 1. The van der Waals surface area contributed by atoms with Gasteiger partial charge in [-0.1, -0.05) is 12.1 Å². The van der Waals surface area contributed by atoms with Gasteiger partial charge in [-0.25, -0.2) is 0 Å². The molecule has 0 aliphatic carbocycles. The maximum atomic E-state index is 12.8. The number of nitro groups is 1. The van der Waals surface area contributed by atoms with E-state index in [1.807, 2.05) is 0 Å². The summed E-state index contributed by atoms with van der Waals surface area (Å²) in [7, 11) is 1.56. The van der Waals surface area contributed by atoms with Gasteiger partial charge in [0.05, 0.1) is 10.5 Å². The number of benzene rings is 1. The van der Waals surface area contributed by atoms with E-state index in [0.29, 0.717) is 16.9 Å². The van der Waals surface area contributed by atoms with Gasteiger partial charge in [0, 0.05) is 31.5 Å². The van der Waals surface area contributed by atoms with Gasteiger partial charge in [-0.15, -0.1) is 0 Å². The number of hydrogen-bond donors (Lipinski definition) is 1. The van der Waals surface area contributed by atoms with Gasteiger partial charge in [0.1, 0.15) is 12.1 Å². The van der Waals surface area contributed by atoms with Crippen molar-refractivity contribution in [2.24, 2.45) is 7.05 Å². The van der Waals surface area contributed by atoms with Crippen molar-refractivity contribution < 1.29 is 9.72 Å². The maximum Gasteiger partial charge on any atom is 0.269 e. The van der Waals surface area contributed by atoms with Crippen LogP contribution in [0.2, 0.25) is 0 Å². The Bertz CT molecular complexity index is 1100. The van der Waals surface area contributed by atoms with Crippen molar-refractivity contribution >= 4 is 23.2 Å². The second-order valence-corrected chi connectivity index (χ2v) is 5.76. The van der Waals surface area contributed by atoms with Crippen LogP contribution in [0.4, 0.5) is 11.5 Å². The highest BCUT2D eigenvalue weighted by Crippen LogP contribution is 2.35. The molecule has 25 heavy (non-hydrogen) atoms. The fourth-order valence-electron chi connectivity index (χ4n) is 3.15. The zero-order valence-electron chi connectivity index (χ0n) is 13.0. The van der Waals surface area contributed by atoms with E-state index in [4.69, 9.17) is 0 Å². The number of nitrogens with one attached hydrogen (secondary N) is 1. The first-order chi connectivity index (χ1) is 12.0. The first kappa shape index (κ1) is 15.0. The largest absolute Gasteiger partial charge is 0.310 e. The lowest BCUT2D eigenvalue weighted by Crippen LogP contribution is -2.35. The van der Waals surface area contributed by atoms with E-state index < -0.39 is 10.8 Å². The lowest BCUT2D eigenvalue weighted by Gasteiger charge is -2.25. The summed E-state index contributed by atoms with van der Waals surface area (Å²) in [6.45, 7) is 0. The first-order valence-corrected chi connectivity index (χ1v) is 7.44. The molecule has 10 heteroatoms. The molecule has 1 aliphatic rings. The molecule has 3 heterocycles.